The Labute approximate surface area is 60.6 Å². The molecule has 0 aromatic heterocycles. The van der Waals surface area contributed by atoms with E-state index in [0.29, 0.717) is 5.75 Å². The zero-order valence-corrected chi connectivity index (χ0v) is 5.83. The van der Waals surface area contributed by atoms with Crippen LogP contribution in [0.15, 0.2) is 24.3 Å². The maximum Gasteiger partial charge on any atom is 0.122 e. The van der Waals surface area contributed by atoms with Crippen molar-refractivity contribution in [2.45, 2.75) is 6.92 Å². The average molecular weight is 133 g/mol. The first kappa shape index (κ1) is 6.87. The van der Waals surface area contributed by atoms with E-state index in [1.54, 1.807) is 18.2 Å². The molecule has 0 aliphatic rings. The van der Waals surface area contributed by atoms with E-state index in [1.165, 1.54) is 0 Å². The van der Waals surface area contributed by atoms with Gasteiger partial charge in [0.15, 0.2) is 0 Å². The summed E-state index contributed by atoms with van der Waals surface area (Å²) in [6.45, 7) is 1.91. The monoisotopic (exact) mass is 133 g/mol. The van der Waals surface area contributed by atoms with E-state index < -0.39 is 0 Å². The standard InChI is InChI=1S/C9H9O/c1-2-5-8-6-3-4-7-9(8)10/h2,4-7,10H,1H3. The van der Waals surface area contributed by atoms with Crippen LogP contribution in [-0.2, 0) is 0 Å². The van der Waals surface area contributed by atoms with Crippen LogP contribution in [0.2, 0.25) is 0 Å². The molecule has 0 bridgehead atoms. The molecule has 0 atom stereocenters. The summed E-state index contributed by atoms with van der Waals surface area (Å²) in [5.74, 6) is 0.303. The molecule has 1 heteroatoms. The van der Waals surface area contributed by atoms with E-state index in [1.807, 2.05) is 19.1 Å². The second kappa shape index (κ2) is 3.06. The number of benzene rings is 1. The van der Waals surface area contributed by atoms with Crippen molar-refractivity contribution in [1.29, 1.82) is 0 Å². The molecule has 10 heavy (non-hydrogen) atoms. The van der Waals surface area contributed by atoms with E-state index in [0.717, 1.165) is 5.56 Å². The van der Waals surface area contributed by atoms with Gasteiger partial charge in [-0.25, -0.2) is 0 Å². The molecule has 1 nitrogen and oxygen atoms in total. The Kier molecular flexibility index (Phi) is 2.11. The molecule has 1 N–H and O–H groups in total. The zero-order valence-electron chi connectivity index (χ0n) is 5.83. The maximum absolute atomic E-state index is 9.17. The third-order valence-corrected chi connectivity index (χ3v) is 1.22. The van der Waals surface area contributed by atoms with Crippen LogP contribution in [0.1, 0.15) is 12.5 Å². The van der Waals surface area contributed by atoms with Crippen LogP contribution in [-0.4, -0.2) is 5.11 Å². The quantitative estimate of drug-likeness (QED) is 0.622. The molecule has 0 aliphatic carbocycles. The minimum atomic E-state index is 0.303. The van der Waals surface area contributed by atoms with Gasteiger partial charge < -0.3 is 5.11 Å². The van der Waals surface area contributed by atoms with Gasteiger partial charge in [0.2, 0.25) is 0 Å². The molecule has 1 aromatic carbocycles. The Hall–Kier alpha value is -1.24. The number of allylic oxidation sites excluding steroid dienone is 1. The van der Waals surface area contributed by atoms with E-state index in [4.69, 9.17) is 0 Å². The smallest absolute Gasteiger partial charge is 0.122 e. The highest BCUT2D eigenvalue weighted by molar-refractivity contribution is 5.55. The van der Waals surface area contributed by atoms with E-state index in [9.17, 15) is 5.11 Å². The number of rotatable bonds is 1. The molecule has 1 aromatic rings. The largest absolute Gasteiger partial charge is 0.507 e. The summed E-state index contributed by atoms with van der Waals surface area (Å²) in [5.41, 5.74) is 0.810. The van der Waals surface area contributed by atoms with Gasteiger partial charge in [0, 0.05) is 5.56 Å². The number of aromatic hydroxyl groups is 1. The Morgan fingerprint density at radius 1 is 1.60 bits per heavy atom. The fourth-order valence-corrected chi connectivity index (χ4v) is 0.748. The van der Waals surface area contributed by atoms with Gasteiger partial charge in [0.25, 0.3) is 0 Å². The SMILES string of the molecule is CC=Cc1c[c]ccc1O. The fraction of sp³-hybridized carbons (Fsp3) is 0.111. The van der Waals surface area contributed by atoms with Crippen molar-refractivity contribution in [2.24, 2.45) is 0 Å². The van der Waals surface area contributed by atoms with Crippen LogP contribution >= 0.6 is 0 Å². The van der Waals surface area contributed by atoms with Crippen molar-refractivity contribution in [3.8, 4) is 5.75 Å². The second-order valence-corrected chi connectivity index (χ2v) is 1.98. The lowest BCUT2D eigenvalue weighted by Crippen LogP contribution is -1.71. The Bertz CT molecular complexity index is 238. The fourth-order valence-electron chi connectivity index (χ4n) is 0.748. The summed E-state index contributed by atoms with van der Waals surface area (Å²) in [7, 11) is 0. The Balaban J connectivity index is 3.03. The topological polar surface area (TPSA) is 20.2 Å². The van der Waals surface area contributed by atoms with E-state index >= 15 is 0 Å². The lowest BCUT2D eigenvalue weighted by atomic mass is 10.2. The molecule has 0 aliphatic heterocycles. The van der Waals surface area contributed by atoms with Gasteiger partial charge in [-0.1, -0.05) is 18.2 Å². The molecular weight excluding hydrogens is 124 g/mol. The molecule has 0 amide bonds. The second-order valence-electron chi connectivity index (χ2n) is 1.98. The molecule has 1 rings (SSSR count). The van der Waals surface area contributed by atoms with Crippen LogP contribution in [0.4, 0.5) is 0 Å². The van der Waals surface area contributed by atoms with Crippen LogP contribution in [0.25, 0.3) is 6.08 Å². The van der Waals surface area contributed by atoms with Crippen molar-refractivity contribution < 1.29 is 5.11 Å². The third kappa shape index (κ3) is 1.38. The first-order chi connectivity index (χ1) is 4.84. The van der Waals surface area contributed by atoms with Gasteiger partial charge in [-0.3, -0.25) is 0 Å². The first-order valence-electron chi connectivity index (χ1n) is 3.16. The van der Waals surface area contributed by atoms with Crippen molar-refractivity contribution >= 4 is 6.08 Å². The van der Waals surface area contributed by atoms with Gasteiger partial charge in [-0.2, -0.15) is 0 Å². The lowest BCUT2D eigenvalue weighted by Gasteiger charge is -1.94. The van der Waals surface area contributed by atoms with Gasteiger partial charge in [0.05, 0.1) is 0 Å². The highest BCUT2D eigenvalue weighted by Gasteiger charge is 1.91. The Morgan fingerprint density at radius 3 is 3.00 bits per heavy atom. The Morgan fingerprint density at radius 2 is 2.40 bits per heavy atom. The van der Waals surface area contributed by atoms with Crippen LogP contribution < -0.4 is 0 Å². The predicted molar refractivity (Wildman–Crippen MR) is 41.7 cm³/mol. The van der Waals surface area contributed by atoms with Gasteiger partial charge >= 0.3 is 0 Å². The predicted octanol–water partition coefficient (Wildman–Crippen LogP) is 2.23. The molecular formula is C9H9O. The van der Waals surface area contributed by atoms with Crippen molar-refractivity contribution in [2.75, 3.05) is 0 Å². The summed E-state index contributed by atoms with van der Waals surface area (Å²) in [5, 5.41) is 9.17. The maximum atomic E-state index is 9.17. The molecule has 0 spiro atoms. The van der Waals surface area contributed by atoms with Gasteiger partial charge in [-0.15, -0.1) is 0 Å². The third-order valence-electron chi connectivity index (χ3n) is 1.22. The normalized spacial score (nSPS) is 10.5. The highest BCUT2D eigenvalue weighted by Crippen LogP contribution is 2.15. The zero-order chi connectivity index (χ0) is 7.40. The summed E-state index contributed by atoms with van der Waals surface area (Å²) >= 11 is 0. The minimum absolute atomic E-state index is 0.303. The molecule has 0 saturated carbocycles. The molecule has 0 unspecified atom stereocenters. The van der Waals surface area contributed by atoms with Crippen molar-refractivity contribution in [3.63, 3.8) is 0 Å². The van der Waals surface area contributed by atoms with Gasteiger partial charge in [0.1, 0.15) is 5.75 Å². The average Bonchev–Trinajstić information content (AvgIpc) is 1.94. The van der Waals surface area contributed by atoms with Crippen molar-refractivity contribution in [1.82, 2.24) is 0 Å². The molecule has 0 heterocycles. The van der Waals surface area contributed by atoms with Crippen LogP contribution in [0.3, 0.4) is 0 Å². The minimum Gasteiger partial charge on any atom is -0.507 e. The first-order valence-corrected chi connectivity index (χ1v) is 3.16. The van der Waals surface area contributed by atoms with E-state index in [2.05, 4.69) is 6.07 Å². The number of hydrogen-bond acceptors (Lipinski definition) is 1. The molecule has 1 radical (unpaired) electrons. The van der Waals surface area contributed by atoms with Gasteiger partial charge in [-0.05, 0) is 25.1 Å². The van der Waals surface area contributed by atoms with E-state index in [-0.39, 0.29) is 0 Å². The summed E-state index contributed by atoms with van der Waals surface area (Å²) in [4.78, 5) is 0. The summed E-state index contributed by atoms with van der Waals surface area (Å²) < 4.78 is 0. The van der Waals surface area contributed by atoms with Crippen LogP contribution in [0, 0.1) is 6.07 Å². The van der Waals surface area contributed by atoms with Crippen molar-refractivity contribution in [3.05, 3.63) is 35.9 Å². The highest BCUT2D eigenvalue weighted by atomic mass is 16.3. The number of phenolic OH excluding ortho intramolecular Hbond substituents is 1. The molecule has 0 saturated heterocycles. The number of hydrogen-bond donors (Lipinski definition) is 1. The molecule has 0 fully saturated rings. The van der Waals surface area contributed by atoms with Crippen LogP contribution in [0.5, 0.6) is 5.75 Å². The summed E-state index contributed by atoms with van der Waals surface area (Å²) in [6, 6.07) is 7.92. The lowest BCUT2D eigenvalue weighted by molar-refractivity contribution is 0.474. The summed E-state index contributed by atoms with van der Waals surface area (Å²) in [6.07, 6.45) is 3.72. The molecule has 51 valence electrons. The number of phenols is 1.